The lowest BCUT2D eigenvalue weighted by molar-refractivity contribution is -0.146. The maximum atomic E-state index is 13.6. The number of carboxylic acids is 1. The minimum atomic E-state index is -0.805. The van der Waals surface area contributed by atoms with Gasteiger partial charge >= 0.3 is 15.1 Å². The third-order valence-electron chi connectivity index (χ3n) is 5.66. The molecule has 1 aliphatic rings. The van der Waals surface area contributed by atoms with Crippen LogP contribution in [-0.2, 0) is 9.36 Å². The molecule has 1 fully saturated rings. The van der Waals surface area contributed by atoms with Crippen LogP contribution in [0.5, 0.6) is 0 Å². The Morgan fingerprint density at radius 1 is 1.12 bits per heavy atom. The van der Waals surface area contributed by atoms with E-state index in [1.54, 1.807) is 0 Å². The predicted molar refractivity (Wildman–Crippen MR) is 107 cm³/mol. The molecule has 1 aromatic carbocycles. The van der Waals surface area contributed by atoms with E-state index in [9.17, 15) is 14.7 Å². The van der Waals surface area contributed by atoms with Gasteiger partial charge in [-0.25, -0.2) is 0 Å². The average molecular weight is 379 g/mol. The number of carbonyl (C=O) groups is 2. The van der Waals surface area contributed by atoms with Gasteiger partial charge in [0.25, 0.3) is 0 Å². The van der Waals surface area contributed by atoms with Crippen LogP contribution in [-0.4, -0.2) is 16.9 Å². The number of rotatable bonds is 7. The van der Waals surface area contributed by atoms with Crippen molar-refractivity contribution in [2.24, 2.45) is 11.3 Å². The minimum Gasteiger partial charge on any atom is -0.481 e. The predicted octanol–water partition coefficient (Wildman–Crippen LogP) is 5.45. The van der Waals surface area contributed by atoms with Gasteiger partial charge in [0.15, 0.2) is 5.78 Å². The second-order valence-electron chi connectivity index (χ2n) is 7.50. The second kappa shape index (κ2) is 9.97. The molecule has 2 unspecified atom stereocenters. The Labute approximate surface area is 159 Å². The van der Waals surface area contributed by atoms with E-state index >= 15 is 0 Å². The first-order valence-corrected chi connectivity index (χ1v) is 9.89. The van der Waals surface area contributed by atoms with Gasteiger partial charge in [-0.1, -0.05) is 54.9 Å². The van der Waals surface area contributed by atoms with Crippen LogP contribution < -0.4 is 0 Å². The fourth-order valence-electron chi connectivity index (χ4n) is 4.57. The van der Waals surface area contributed by atoms with Gasteiger partial charge in [-0.05, 0) is 51.2 Å². The molecule has 0 aromatic heterocycles. The van der Waals surface area contributed by atoms with E-state index in [4.69, 9.17) is 4.57 Å². The van der Waals surface area contributed by atoms with Crippen LogP contribution in [0.25, 0.3) is 0 Å². The largest absolute Gasteiger partial charge is 0.481 e. The first-order chi connectivity index (χ1) is 12.3. The van der Waals surface area contributed by atoms with Gasteiger partial charge in [-0.15, -0.1) is 0 Å². The molecule has 4 nitrogen and oxygen atoms in total. The molecule has 1 aromatic rings. The van der Waals surface area contributed by atoms with Crippen LogP contribution in [0.3, 0.4) is 0 Å². The zero-order valence-electron chi connectivity index (χ0n) is 16.4. The highest BCUT2D eigenvalue weighted by Gasteiger charge is 2.50. The normalized spacial score (nSPS) is 16.5. The Kier molecular flexibility index (Phi) is 8.62. The van der Waals surface area contributed by atoms with E-state index in [-0.39, 0.29) is 5.78 Å². The van der Waals surface area contributed by atoms with Gasteiger partial charge in [0.1, 0.15) is 0 Å². The number of benzene rings is 1. The van der Waals surface area contributed by atoms with Crippen LogP contribution in [0.15, 0.2) is 12.1 Å². The van der Waals surface area contributed by atoms with Crippen LogP contribution in [0, 0.1) is 32.1 Å². The van der Waals surface area contributed by atoms with Gasteiger partial charge in [0.05, 0.1) is 5.92 Å². The van der Waals surface area contributed by atoms with Crippen LogP contribution >= 0.6 is 9.12 Å². The molecular formula is C21H32O4P+. The quantitative estimate of drug-likeness (QED) is 0.505. The molecule has 0 aliphatic heterocycles. The van der Waals surface area contributed by atoms with E-state index in [0.29, 0.717) is 19.3 Å². The van der Waals surface area contributed by atoms with Crippen molar-refractivity contribution in [2.75, 3.05) is 0 Å². The topological polar surface area (TPSA) is 71.4 Å². The minimum absolute atomic E-state index is 0.0681. The summed E-state index contributed by atoms with van der Waals surface area (Å²) in [5.41, 5.74) is 3.13. The van der Waals surface area contributed by atoms with Gasteiger partial charge in [0.2, 0.25) is 0 Å². The number of carboxylic acid groups (broad SMARTS) is 1. The molecule has 26 heavy (non-hydrogen) atoms. The van der Waals surface area contributed by atoms with Gasteiger partial charge in [-0.2, -0.15) is 0 Å². The van der Waals surface area contributed by atoms with Crippen molar-refractivity contribution >= 4 is 20.9 Å². The summed E-state index contributed by atoms with van der Waals surface area (Å²) in [7, 11) is 1.17. The van der Waals surface area contributed by atoms with E-state index in [1.165, 1.54) is 9.12 Å². The Balaban J connectivity index is 0.00000163. The molecule has 1 aliphatic carbocycles. The number of Topliss-reactive ketones (excluding diaryl/α,β-unsaturated/α-hetero) is 1. The molecule has 1 saturated carbocycles. The van der Waals surface area contributed by atoms with Crippen molar-refractivity contribution in [3.8, 4) is 0 Å². The van der Waals surface area contributed by atoms with Crippen molar-refractivity contribution in [3.63, 3.8) is 0 Å². The Hall–Kier alpha value is -1.54. The summed E-state index contributed by atoms with van der Waals surface area (Å²) in [6.45, 7) is 8.03. The second-order valence-corrected chi connectivity index (χ2v) is 7.50. The molecule has 2 rings (SSSR count). The summed E-state index contributed by atoms with van der Waals surface area (Å²) in [6.07, 6.45) is 5.73. The smallest absolute Gasteiger partial charge is 0.310 e. The first kappa shape index (κ1) is 22.5. The summed E-state index contributed by atoms with van der Waals surface area (Å²) >= 11 is 0. The van der Waals surface area contributed by atoms with Crippen LogP contribution in [0.4, 0.5) is 0 Å². The van der Waals surface area contributed by atoms with Crippen LogP contribution in [0.2, 0.25) is 0 Å². The molecular weight excluding hydrogens is 347 g/mol. The lowest BCUT2D eigenvalue weighted by atomic mass is 9.66. The van der Waals surface area contributed by atoms with Crippen molar-refractivity contribution < 1.29 is 19.3 Å². The maximum absolute atomic E-state index is 13.6. The van der Waals surface area contributed by atoms with Crippen molar-refractivity contribution in [1.29, 1.82) is 0 Å². The Morgan fingerprint density at radius 3 is 2.04 bits per heavy atom. The fraction of sp³-hybridized carbons (Fsp3) is 0.619. The standard InChI is InChI=1S/C21H30O3.H2OP/c1-5-6-9-17(20(23)24)21(10-7-8-11-21)19(22)18-15(3)12-14(2)13-16(18)4;1-2/h12-13,17H,5-11H2,1-4H3,(H,23,24);2H2/q;+1. The number of hydrogen-bond acceptors (Lipinski definition) is 3. The number of aryl methyl sites for hydroxylation is 3. The third-order valence-corrected chi connectivity index (χ3v) is 5.66. The molecule has 2 atom stereocenters. The fourth-order valence-corrected chi connectivity index (χ4v) is 4.57. The highest BCUT2D eigenvalue weighted by molar-refractivity contribution is 7.00. The van der Waals surface area contributed by atoms with E-state index in [0.717, 1.165) is 47.9 Å². The Bertz CT molecular complexity index is 624. The van der Waals surface area contributed by atoms with Gasteiger partial charge in [-0.3, -0.25) is 9.59 Å². The van der Waals surface area contributed by atoms with Crippen molar-refractivity contribution in [1.82, 2.24) is 0 Å². The molecule has 0 bridgehead atoms. The average Bonchev–Trinajstić information content (AvgIpc) is 3.06. The Morgan fingerprint density at radius 2 is 1.62 bits per heavy atom. The molecule has 0 amide bonds. The molecule has 5 heteroatoms. The number of carbonyl (C=O) groups excluding carboxylic acids is 1. The summed E-state index contributed by atoms with van der Waals surface area (Å²) in [5, 5.41) is 9.85. The monoisotopic (exact) mass is 379 g/mol. The molecule has 1 N–H and O–H groups in total. The molecule has 0 heterocycles. The molecule has 0 saturated heterocycles. The number of ketones is 1. The highest BCUT2D eigenvalue weighted by Crippen LogP contribution is 2.49. The van der Waals surface area contributed by atoms with Gasteiger partial charge in [0, 0.05) is 11.0 Å². The number of unbranched alkanes of at least 4 members (excludes halogenated alkanes) is 1. The van der Waals surface area contributed by atoms with Crippen molar-refractivity contribution in [2.45, 2.75) is 72.6 Å². The summed E-state index contributed by atoms with van der Waals surface area (Å²) in [4.78, 5) is 25.6. The summed E-state index contributed by atoms with van der Waals surface area (Å²) in [5.74, 6) is -1.30. The lowest BCUT2D eigenvalue weighted by Crippen LogP contribution is -2.41. The van der Waals surface area contributed by atoms with E-state index in [2.05, 4.69) is 6.92 Å². The SMILES string of the molecule is CCCCC(C(=O)O)C1(C(=O)c2c(C)cc(C)cc2C)CCCC1.O=[PH2+]. The first-order valence-electron chi connectivity index (χ1n) is 9.42. The van der Waals surface area contributed by atoms with E-state index < -0.39 is 17.3 Å². The maximum Gasteiger partial charge on any atom is 0.310 e. The molecule has 144 valence electrons. The lowest BCUT2D eigenvalue weighted by Gasteiger charge is -2.35. The summed E-state index contributed by atoms with van der Waals surface area (Å²) in [6, 6.07) is 4.06. The third kappa shape index (κ3) is 4.59. The highest BCUT2D eigenvalue weighted by atomic mass is 31.0. The number of hydrogen-bond donors (Lipinski definition) is 1. The zero-order valence-corrected chi connectivity index (χ0v) is 17.6. The zero-order chi connectivity index (χ0) is 19.9. The van der Waals surface area contributed by atoms with Crippen molar-refractivity contribution in [3.05, 3.63) is 34.4 Å². The molecule has 0 radical (unpaired) electrons. The summed E-state index contributed by atoms with van der Waals surface area (Å²) < 4.78 is 8.17. The van der Waals surface area contributed by atoms with Gasteiger partial charge < -0.3 is 5.11 Å². The molecule has 0 spiro atoms. The van der Waals surface area contributed by atoms with Crippen LogP contribution in [0.1, 0.15) is 78.9 Å². The van der Waals surface area contributed by atoms with E-state index in [1.807, 2.05) is 32.9 Å². The number of aliphatic carboxylic acids is 1.